The lowest BCUT2D eigenvalue weighted by Gasteiger charge is -2.02. The molecule has 0 aromatic carbocycles. The average Bonchev–Trinajstić information content (AvgIpc) is 2.18. The van der Waals surface area contributed by atoms with Crippen LogP contribution in [0, 0.1) is 0 Å². The number of carbonyl (C=O) groups excluding carboxylic acids is 1. The van der Waals surface area contributed by atoms with Crippen LogP contribution in [-0.2, 0) is 4.74 Å². The number of rotatable bonds is 3. The maximum Gasteiger partial charge on any atom is 0.356 e. The molecule has 1 aromatic rings. The van der Waals surface area contributed by atoms with Gasteiger partial charge in [-0.2, -0.15) is 0 Å². The van der Waals surface area contributed by atoms with Crippen LogP contribution in [0.15, 0.2) is 18.2 Å². The van der Waals surface area contributed by atoms with Gasteiger partial charge in [0.2, 0.25) is 5.88 Å². The largest absolute Gasteiger partial charge is 0.478 e. The van der Waals surface area contributed by atoms with Crippen molar-refractivity contribution < 1.29 is 14.3 Å². The molecule has 0 N–H and O–H groups in total. The van der Waals surface area contributed by atoms with Crippen molar-refractivity contribution in [2.45, 2.75) is 6.92 Å². The van der Waals surface area contributed by atoms with Gasteiger partial charge in [-0.15, -0.1) is 0 Å². The van der Waals surface area contributed by atoms with Crippen LogP contribution in [0.2, 0.25) is 0 Å². The Balaban J connectivity index is 2.85. The molecule has 0 bridgehead atoms. The van der Waals surface area contributed by atoms with Gasteiger partial charge in [-0.3, -0.25) is 0 Å². The van der Waals surface area contributed by atoms with E-state index in [1.807, 2.05) is 6.92 Å². The Labute approximate surface area is 76.5 Å². The highest BCUT2D eigenvalue weighted by molar-refractivity contribution is 5.87. The Hall–Kier alpha value is -1.58. The minimum atomic E-state index is -0.457. The first-order valence-corrected chi connectivity index (χ1v) is 3.96. The number of methoxy groups -OCH3 is 1. The lowest BCUT2D eigenvalue weighted by atomic mass is 10.3. The van der Waals surface area contributed by atoms with Gasteiger partial charge in [0, 0.05) is 6.07 Å². The van der Waals surface area contributed by atoms with E-state index in [4.69, 9.17) is 4.74 Å². The molecule has 0 aliphatic rings. The number of nitrogens with zero attached hydrogens (tertiary/aromatic N) is 1. The molecule has 1 aromatic heterocycles. The fourth-order valence-corrected chi connectivity index (χ4v) is 0.861. The summed E-state index contributed by atoms with van der Waals surface area (Å²) < 4.78 is 9.63. The predicted molar refractivity (Wildman–Crippen MR) is 46.7 cm³/mol. The molecule has 0 radical (unpaired) electrons. The molecule has 0 atom stereocenters. The SMILES string of the molecule is CCOc1cccc(C(=O)OC)n1. The maximum absolute atomic E-state index is 11.0. The van der Waals surface area contributed by atoms with E-state index in [2.05, 4.69) is 9.72 Å². The van der Waals surface area contributed by atoms with E-state index in [1.165, 1.54) is 7.11 Å². The summed E-state index contributed by atoms with van der Waals surface area (Å²) in [5.74, 6) is -0.0213. The topological polar surface area (TPSA) is 48.4 Å². The molecule has 0 spiro atoms. The third-order valence-corrected chi connectivity index (χ3v) is 1.41. The van der Waals surface area contributed by atoms with Crippen LogP contribution in [0.4, 0.5) is 0 Å². The molecule has 0 fully saturated rings. The summed E-state index contributed by atoms with van der Waals surface area (Å²) in [4.78, 5) is 15.0. The minimum Gasteiger partial charge on any atom is -0.478 e. The first-order chi connectivity index (χ1) is 6.27. The highest BCUT2D eigenvalue weighted by atomic mass is 16.5. The average molecular weight is 181 g/mol. The van der Waals surface area contributed by atoms with E-state index in [9.17, 15) is 4.79 Å². The Morgan fingerprint density at radius 3 is 2.92 bits per heavy atom. The summed E-state index contributed by atoms with van der Waals surface area (Å²) >= 11 is 0. The Bertz CT molecular complexity index is 299. The number of pyridine rings is 1. The lowest BCUT2D eigenvalue weighted by Crippen LogP contribution is -2.05. The molecule has 0 aliphatic carbocycles. The van der Waals surface area contributed by atoms with Crippen molar-refractivity contribution in [3.63, 3.8) is 0 Å². The number of carbonyl (C=O) groups is 1. The Morgan fingerprint density at radius 2 is 2.31 bits per heavy atom. The molecular formula is C9H11NO3. The summed E-state index contributed by atoms with van der Waals surface area (Å²) in [6.07, 6.45) is 0. The van der Waals surface area contributed by atoms with E-state index in [1.54, 1.807) is 18.2 Å². The van der Waals surface area contributed by atoms with Gasteiger partial charge in [0.1, 0.15) is 0 Å². The molecule has 1 rings (SSSR count). The number of hydrogen-bond acceptors (Lipinski definition) is 4. The first-order valence-electron chi connectivity index (χ1n) is 3.96. The third-order valence-electron chi connectivity index (χ3n) is 1.41. The van der Waals surface area contributed by atoms with Crippen molar-refractivity contribution >= 4 is 5.97 Å². The Kier molecular flexibility index (Phi) is 3.25. The van der Waals surface area contributed by atoms with Gasteiger partial charge in [0.05, 0.1) is 13.7 Å². The van der Waals surface area contributed by atoms with Crippen molar-refractivity contribution in [2.75, 3.05) is 13.7 Å². The van der Waals surface area contributed by atoms with E-state index in [-0.39, 0.29) is 5.69 Å². The molecule has 0 saturated heterocycles. The fraction of sp³-hybridized carbons (Fsp3) is 0.333. The van der Waals surface area contributed by atoms with Crippen LogP contribution in [0.1, 0.15) is 17.4 Å². The van der Waals surface area contributed by atoms with Gasteiger partial charge < -0.3 is 9.47 Å². The molecule has 0 amide bonds. The second kappa shape index (κ2) is 4.45. The van der Waals surface area contributed by atoms with E-state index >= 15 is 0 Å². The van der Waals surface area contributed by atoms with Crippen LogP contribution in [0.5, 0.6) is 5.88 Å². The van der Waals surface area contributed by atoms with Crippen LogP contribution in [0.25, 0.3) is 0 Å². The van der Waals surface area contributed by atoms with Crippen LogP contribution in [0.3, 0.4) is 0 Å². The van der Waals surface area contributed by atoms with Gasteiger partial charge in [0.15, 0.2) is 5.69 Å². The molecule has 0 saturated carbocycles. The molecular weight excluding hydrogens is 170 g/mol. The number of aromatic nitrogens is 1. The number of hydrogen-bond donors (Lipinski definition) is 0. The Morgan fingerprint density at radius 1 is 1.54 bits per heavy atom. The van der Waals surface area contributed by atoms with Crippen molar-refractivity contribution in [1.29, 1.82) is 0 Å². The van der Waals surface area contributed by atoms with E-state index < -0.39 is 5.97 Å². The minimum absolute atomic E-state index is 0.258. The normalized spacial score (nSPS) is 9.38. The van der Waals surface area contributed by atoms with Crippen LogP contribution in [-0.4, -0.2) is 24.7 Å². The monoisotopic (exact) mass is 181 g/mol. The molecule has 13 heavy (non-hydrogen) atoms. The van der Waals surface area contributed by atoms with Crippen LogP contribution < -0.4 is 4.74 Å². The quantitative estimate of drug-likeness (QED) is 0.659. The lowest BCUT2D eigenvalue weighted by molar-refractivity contribution is 0.0593. The van der Waals surface area contributed by atoms with Crippen molar-refractivity contribution in [1.82, 2.24) is 4.98 Å². The van der Waals surface area contributed by atoms with Crippen molar-refractivity contribution in [2.24, 2.45) is 0 Å². The molecule has 0 aliphatic heterocycles. The maximum atomic E-state index is 11.0. The third kappa shape index (κ3) is 2.43. The smallest absolute Gasteiger partial charge is 0.356 e. The zero-order chi connectivity index (χ0) is 9.68. The molecule has 1 heterocycles. The number of ether oxygens (including phenoxy) is 2. The zero-order valence-corrected chi connectivity index (χ0v) is 7.61. The van der Waals surface area contributed by atoms with E-state index in [0.29, 0.717) is 12.5 Å². The highest BCUT2D eigenvalue weighted by Crippen LogP contribution is 2.07. The number of esters is 1. The van der Waals surface area contributed by atoms with Gasteiger partial charge >= 0.3 is 5.97 Å². The van der Waals surface area contributed by atoms with Crippen LogP contribution >= 0.6 is 0 Å². The molecule has 0 unspecified atom stereocenters. The van der Waals surface area contributed by atoms with E-state index in [0.717, 1.165) is 0 Å². The van der Waals surface area contributed by atoms with Crippen molar-refractivity contribution in [3.8, 4) is 5.88 Å². The molecule has 70 valence electrons. The summed E-state index contributed by atoms with van der Waals surface area (Å²) in [5.41, 5.74) is 0.258. The van der Waals surface area contributed by atoms with Gasteiger partial charge in [0.25, 0.3) is 0 Å². The summed E-state index contributed by atoms with van der Waals surface area (Å²) in [6, 6.07) is 4.97. The summed E-state index contributed by atoms with van der Waals surface area (Å²) in [5, 5.41) is 0. The first kappa shape index (κ1) is 9.51. The molecule has 4 nitrogen and oxygen atoms in total. The zero-order valence-electron chi connectivity index (χ0n) is 7.61. The highest BCUT2D eigenvalue weighted by Gasteiger charge is 2.07. The van der Waals surface area contributed by atoms with Gasteiger partial charge in [-0.25, -0.2) is 9.78 Å². The fourth-order valence-electron chi connectivity index (χ4n) is 0.861. The van der Waals surface area contributed by atoms with Gasteiger partial charge in [-0.1, -0.05) is 6.07 Å². The summed E-state index contributed by atoms with van der Waals surface area (Å²) in [6.45, 7) is 2.38. The standard InChI is InChI=1S/C9H11NO3/c1-3-13-8-6-4-5-7(10-8)9(11)12-2/h4-6H,3H2,1-2H3. The molecule has 4 heteroatoms. The second-order valence-corrected chi connectivity index (χ2v) is 2.29. The predicted octanol–water partition coefficient (Wildman–Crippen LogP) is 1.27. The van der Waals surface area contributed by atoms with Crippen molar-refractivity contribution in [3.05, 3.63) is 23.9 Å². The summed E-state index contributed by atoms with van der Waals surface area (Å²) in [7, 11) is 1.32. The van der Waals surface area contributed by atoms with Gasteiger partial charge in [-0.05, 0) is 13.0 Å². The second-order valence-electron chi connectivity index (χ2n) is 2.29.